The van der Waals surface area contributed by atoms with Gasteiger partial charge in [0.25, 0.3) is 0 Å². The van der Waals surface area contributed by atoms with Crippen molar-refractivity contribution in [1.29, 1.82) is 0 Å². The third-order valence-electron chi connectivity index (χ3n) is 4.32. The third kappa shape index (κ3) is 3.78. The van der Waals surface area contributed by atoms with Crippen LogP contribution < -0.4 is 0 Å². The maximum Gasteiger partial charge on any atom is 0.220 e. The number of aryl methyl sites for hydroxylation is 1. The molecule has 0 saturated carbocycles. The minimum atomic E-state index is -0.0931. The molecule has 1 aromatic carbocycles. The van der Waals surface area contributed by atoms with Gasteiger partial charge in [-0.05, 0) is 37.0 Å². The van der Waals surface area contributed by atoms with Crippen molar-refractivity contribution in [1.82, 2.24) is 9.99 Å². The quantitative estimate of drug-likeness (QED) is 0.768. The van der Waals surface area contributed by atoms with Crippen LogP contribution in [0.3, 0.4) is 0 Å². The zero-order valence-corrected chi connectivity index (χ0v) is 15.2. The van der Waals surface area contributed by atoms with E-state index in [1.807, 2.05) is 17.2 Å². The highest BCUT2D eigenvalue weighted by atomic mass is 16.4. The van der Waals surface area contributed by atoms with Crippen LogP contribution in [-0.2, 0) is 11.2 Å². The molecule has 6 heteroatoms. The van der Waals surface area contributed by atoms with Crippen molar-refractivity contribution in [2.75, 3.05) is 6.54 Å². The first-order valence-corrected chi connectivity index (χ1v) is 8.74. The number of oxazole rings is 1. The molecule has 1 unspecified atom stereocenters. The SMILES string of the molecule is CCc1ccc2oc(C(C(C)C)N3C/C(=C/CC(C)=O)N=N3)nc2c1. The molecule has 0 bridgehead atoms. The normalized spacial score (nSPS) is 17.2. The number of hydrogen-bond donors (Lipinski definition) is 0. The van der Waals surface area contributed by atoms with E-state index in [1.54, 1.807) is 6.92 Å². The molecular formula is C19H24N4O2. The number of carbonyl (C=O) groups excluding carboxylic acids is 1. The lowest BCUT2D eigenvalue weighted by Gasteiger charge is -2.25. The Labute approximate surface area is 147 Å². The summed E-state index contributed by atoms with van der Waals surface area (Å²) in [4.78, 5) is 15.8. The Hall–Kier alpha value is -2.50. The average molecular weight is 340 g/mol. The lowest BCUT2D eigenvalue weighted by Crippen LogP contribution is -2.26. The predicted octanol–water partition coefficient (Wildman–Crippen LogP) is 4.63. The molecule has 6 nitrogen and oxygen atoms in total. The number of rotatable bonds is 6. The Morgan fingerprint density at radius 2 is 2.20 bits per heavy atom. The van der Waals surface area contributed by atoms with Crippen LogP contribution in [0.25, 0.3) is 11.1 Å². The summed E-state index contributed by atoms with van der Waals surface area (Å²) < 4.78 is 6.01. The molecule has 0 radical (unpaired) electrons. The van der Waals surface area contributed by atoms with E-state index in [1.165, 1.54) is 5.56 Å². The molecule has 1 aliphatic rings. The fraction of sp³-hybridized carbons (Fsp3) is 0.474. The number of aromatic nitrogens is 1. The van der Waals surface area contributed by atoms with E-state index in [0.717, 1.165) is 23.2 Å². The van der Waals surface area contributed by atoms with Gasteiger partial charge in [-0.25, -0.2) is 4.98 Å². The highest BCUT2D eigenvalue weighted by molar-refractivity contribution is 5.77. The van der Waals surface area contributed by atoms with Crippen LogP contribution in [0.15, 0.2) is 44.7 Å². The largest absolute Gasteiger partial charge is 0.438 e. The topological polar surface area (TPSA) is 71.1 Å². The number of Topliss-reactive ketones (excluding diaryl/α,β-unsaturated/α-hetero) is 1. The Bertz CT molecular complexity index is 835. The zero-order chi connectivity index (χ0) is 18.0. The summed E-state index contributed by atoms with van der Waals surface area (Å²) in [6, 6.07) is 6.03. The first kappa shape index (κ1) is 17.3. The van der Waals surface area contributed by atoms with Crippen LogP contribution in [-0.4, -0.2) is 22.3 Å². The monoisotopic (exact) mass is 340 g/mol. The fourth-order valence-corrected chi connectivity index (χ4v) is 2.96. The van der Waals surface area contributed by atoms with E-state index in [2.05, 4.69) is 43.2 Å². The summed E-state index contributed by atoms with van der Waals surface area (Å²) in [5.41, 5.74) is 3.72. The van der Waals surface area contributed by atoms with Gasteiger partial charge >= 0.3 is 0 Å². The Morgan fingerprint density at radius 3 is 2.88 bits per heavy atom. The van der Waals surface area contributed by atoms with Crippen LogP contribution in [0.2, 0.25) is 0 Å². The molecule has 3 rings (SSSR count). The van der Waals surface area contributed by atoms with Crippen LogP contribution in [0.1, 0.15) is 51.6 Å². The first-order chi connectivity index (χ1) is 12.0. The molecule has 1 aliphatic heterocycles. The summed E-state index contributed by atoms with van der Waals surface area (Å²) in [5, 5.41) is 10.4. The molecule has 0 fully saturated rings. The molecule has 1 atom stereocenters. The van der Waals surface area contributed by atoms with Gasteiger partial charge < -0.3 is 4.42 Å². The molecule has 25 heavy (non-hydrogen) atoms. The molecule has 0 spiro atoms. The number of carbonyl (C=O) groups is 1. The molecule has 0 amide bonds. The molecule has 0 saturated heterocycles. The summed E-state index contributed by atoms with van der Waals surface area (Å²) >= 11 is 0. The number of hydrogen-bond acceptors (Lipinski definition) is 6. The van der Waals surface area contributed by atoms with E-state index in [0.29, 0.717) is 18.9 Å². The van der Waals surface area contributed by atoms with Crippen molar-refractivity contribution >= 4 is 16.9 Å². The first-order valence-electron chi connectivity index (χ1n) is 8.74. The summed E-state index contributed by atoms with van der Waals surface area (Å²) in [7, 11) is 0. The van der Waals surface area contributed by atoms with E-state index in [4.69, 9.17) is 9.40 Å². The number of nitrogens with zero attached hydrogens (tertiary/aromatic N) is 4. The Balaban J connectivity index is 1.86. The Morgan fingerprint density at radius 1 is 1.40 bits per heavy atom. The molecular weight excluding hydrogens is 316 g/mol. The number of benzene rings is 1. The summed E-state index contributed by atoms with van der Waals surface area (Å²) in [6.45, 7) is 8.49. The van der Waals surface area contributed by atoms with Gasteiger partial charge in [0, 0.05) is 6.42 Å². The fourth-order valence-electron chi connectivity index (χ4n) is 2.96. The number of allylic oxidation sites excluding steroid dienone is 1. The number of ketones is 1. The smallest absolute Gasteiger partial charge is 0.220 e. The minimum Gasteiger partial charge on any atom is -0.438 e. The second-order valence-electron chi connectivity index (χ2n) is 6.79. The second kappa shape index (κ2) is 7.17. The van der Waals surface area contributed by atoms with Gasteiger partial charge in [0.2, 0.25) is 5.89 Å². The second-order valence-corrected chi connectivity index (χ2v) is 6.79. The standard InChI is InChI=1S/C19H24N4O2/c1-5-14-7-9-17-16(10-14)20-19(25-17)18(12(2)3)23-11-15(21-22-23)8-6-13(4)24/h7-10,12,18H,5-6,11H2,1-4H3/b15-8-. The van der Waals surface area contributed by atoms with Crippen LogP contribution in [0.4, 0.5) is 0 Å². The van der Waals surface area contributed by atoms with Gasteiger partial charge in [0.05, 0.1) is 12.2 Å². The molecule has 2 aromatic rings. The third-order valence-corrected chi connectivity index (χ3v) is 4.32. The number of fused-ring (bicyclic) bond motifs is 1. The molecule has 0 aliphatic carbocycles. The Kier molecular flexibility index (Phi) is 4.97. The predicted molar refractivity (Wildman–Crippen MR) is 95.9 cm³/mol. The molecule has 0 N–H and O–H groups in total. The van der Waals surface area contributed by atoms with Gasteiger partial charge in [-0.3, -0.25) is 9.80 Å². The summed E-state index contributed by atoms with van der Waals surface area (Å²) in [6.07, 6.45) is 3.19. The van der Waals surface area contributed by atoms with Gasteiger partial charge in [0.1, 0.15) is 17.3 Å². The van der Waals surface area contributed by atoms with Gasteiger partial charge in [-0.15, -0.1) is 5.11 Å². The summed E-state index contributed by atoms with van der Waals surface area (Å²) in [5.74, 6) is 1.03. The molecule has 132 valence electrons. The van der Waals surface area contributed by atoms with Crippen molar-refractivity contribution in [3.05, 3.63) is 41.4 Å². The van der Waals surface area contributed by atoms with Gasteiger partial charge in [0.15, 0.2) is 5.58 Å². The minimum absolute atomic E-state index is 0.0931. The van der Waals surface area contributed by atoms with Crippen molar-refractivity contribution in [2.45, 2.75) is 46.6 Å². The van der Waals surface area contributed by atoms with E-state index < -0.39 is 0 Å². The lowest BCUT2D eigenvalue weighted by molar-refractivity contribution is -0.116. The maximum absolute atomic E-state index is 11.1. The molecule has 2 heterocycles. The highest BCUT2D eigenvalue weighted by Crippen LogP contribution is 2.34. The van der Waals surface area contributed by atoms with E-state index >= 15 is 0 Å². The van der Waals surface area contributed by atoms with Gasteiger partial charge in [-0.2, -0.15) is 0 Å². The van der Waals surface area contributed by atoms with E-state index in [9.17, 15) is 4.79 Å². The zero-order valence-electron chi connectivity index (χ0n) is 15.2. The average Bonchev–Trinajstić information content (AvgIpc) is 3.18. The van der Waals surface area contributed by atoms with Crippen molar-refractivity contribution in [3.8, 4) is 0 Å². The van der Waals surface area contributed by atoms with Gasteiger partial charge in [-0.1, -0.05) is 38.1 Å². The highest BCUT2D eigenvalue weighted by Gasteiger charge is 2.31. The van der Waals surface area contributed by atoms with Crippen LogP contribution >= 0.6 is 0 Å². The molecule has 1 aromatic heterocycles. The maximum atomic E-state index is 11.1. The lowest BCUT2D eigenvalue weighted by atomic mass is 10.0. The van der Waals surface area contributed by atoms with Crippen LogP contribution in [0.5, 0.6) is 0 Å². The van der Waals surface area contributed by atoms with Crippen molar-refractivity contribution in [2.24, 2.45) is 16.3 Å². The van der Waals surface area contributed by atoms with Crippen molar-refractivity contribution < 1.29 is 9.21 Å². The van der Waals surface area contributed by atoms with Crippen LogP contribution in [0, 0.1) is 5.92 Å². The van der Waals surface area contributed by atoms with Crippen molar-refractivity contribution in [3.63, 3.8) is 0 Å². The van der Waals surface area contributed by atoms with E-state index in [-0.39, 0.29) is 17.7 Å².